The van der Waals surface area contributed by atoms with Gasteiger partial charge in [-0.3, -0.25) is 4.79 Å². The van der Waals surface area contributed by atoms with Gasteiger partial charge in [0, 0.05) is 41.2 Å². The second kappa shape index (κ2) is 8.17. The van der Waals surface area contributed by atoms with E-state index in [1.165, 1.54) is 38.9 Å². The summed E-state index contributed by atoms with van der Waals surface area (Å²) in [6.45, 7) is 3.58. The van der Waals surface area contributed by atoms with Gasteiger partial charge in [0.1, 0.15) is 0 Å². The summed E-state index contributed by atoms with van der Waals surface area (Å²) < 4.78 is 2.01. The minimum Gasteiger partial charge on any atom is -0.350 e. The number of aryl methyl sites for hydroxylation is 1. The fourth-order valence-electron chi connectivity index (χ4n) is 3.55. The van der Waals surface area contributed by atoms with Crippen LogP contribution in [0.2, 0.25) is 5.02 Å². The highest BCUT2D eigenvalue weighted by molar-refractivity contribution is 6.31. The Balaban J connectivity index is 1.49. The smallest absolute Gasteiger partial charge is 0.165 e. The number of likely N-dealkylation sites (tertiary alicyclic amines) is 1. The molecule has 1 fully saturated rings. The summed E-state index contributed by atoms with van der Waals surface area (Å²) in [6, 6.07) is 5.75. The first-order valence-corrected chi connectivity index (χ1v) is 9.35. The summed E-state index contributed by atoms with van der Waals surface area (Å²) in [5.74, 6) is 0.232. The zero-order valence-electron chi connectivity index (χ0n) is 14.4. The zero-order valence-corrected chi connectivity index (χ0v) is 15.2. The largest absolute Gasteiger partial charge is 0.350 e. The third-order valence-corrected chi connectivity index (χ3v) is 5.16. The molecular formula is C20H26ClN2O. The van der Waals surface area contributed by atoms with Gasteiger partial charge in [-0.15, -0.1) is 0 Å². The standard InChI is InChI=1S/C20H26ClN2O/c1-22-15-18(17-14-16(21)9-10-19(17)22)20(24)8-4-2-5-11-23-12-6-3-7-13-23/h3,9-10,14-15H,2,4-8,11-13H2,1H3. The Morgan fingerprint density at radius 1 is 1.17 bits per heavy atom. The predicted octanol–water partition coefficient (Wildman–Crippen LogP) is 4.87. The van der Waals surface area contributed by atoms with E-state index in [4.69, 9.17) is 11.6 Å². The van der Waals surface area contributed by atoms with E-state index in [9.17, 15) is 4.79 Å². The summed E-state index contributed by atoms with van der Waals surface area (Å²) in [5, 5.41) is 1.65. The number of Topliss-reactive ketones (excluding diaryl/α,β-unsaturated/α-hetero) is 1. The monoisotopic (exact) mass is 345 g/mol. The van der Waals surface area contributed by atoms with Gasteiger partial charge in [0.15, 0.2) is 5.78 Å². The van der Waals surface area contributed by atoms with Crippen LogP contribution in [0.3, 0.4) is 0 Å². The molecule has 0 amide bonds. The minimum atomic E-state index is 0.232. The molecule has 1 aromatic heterocycles. The second-order valence-electron chi connectivity index (χ2n) is 6.76. The fraction of sp³-hybridized carbons (Fsp3) is 0.500. The molecule has 1 aliphatic rings. The Bertz CT molecular complexity index is 701. The van der Waals surface area contributed by atoms with E-state index < -0.39 is 0 Å². The van der Waals surface area contributed by atoms with Gasteiger partial charge in [0.25, 0.3) is 0 Å². The van der Waals surface area contributed by atoms with Gasteiger partial charge in [0.05, 0.1) is 0 Å². The number of benzene rings is 1. The Morgan fingerprint density at radius 2 is 1.96 bits per heavy atom. The number of aromatic nitrogens is 1. The Hall–Kier alpha value is -1.32. The van der Waals surface area contributed by atoms with Crippen molar-refractivity contribution in [2.45, 2.75) is 38.5 Å². The quantitative estimate of drug-likeness (QED) is 0.528. The molecule has 0 atom stereocenters. The van der Waals surface area contributed by atoms with Crippen LogP contribution in [0.25, 0.3) is 10.9 Å². The van der Waals surface area contributed by atoms with E-state index in [0.29, 0.717) is 11.4 Å². The van der Waals surface area contributed by atoms with E-state index >= 15 is 0 Å². The summed E-state index contributed by atoms with van der Waals surface area (Å²) in [6.07, 6.45) is 10.7. The highest BCUT2D eigenvalue weighted by atomic mass is 35.5. The van der Waals surface area contributed by atoms with Crippen molar-refractivity contribution in [2.24, 2.45) is 7.05 Å². The molecule has 24 heavy (non-hydrogen) atoms. The van der Waals surface area contributed by atoms with Crippen LogP contribution in [-0.4, -0.2) is 34.9 Å². The van der Waals surface area contributed by atoms with Crippen molar-refractivity contribution in [2.75, 3.05) is 19.6 Å². The lowest BCUT2D eigenvalue weighted by Gasteiger charge is -2.26. The highest BCUT2D eigenvalue weighted by Crippen LogP contribution is 2.25. The summed E-state index contributed by atoms with van der Waals surface area (Å²) in [4.78, 5) is 15.1. The van der Waals surface area contributed by atoms with E-state index in [2.05, 4.69) is 11.3 Å². The fourth-order valence-corrected chi connectivity index (χ4v) is 3.72. The van der Waals surface area contributed by atoms with Gasteiger partial charge >= 0.3 is 0 Å². The summed E-state index contributed by atoms with van der Waals surface area (Å²) >= 11 is 6.10. The molecule has 4 heteroatoms. The van der Waals surface area contributed by atoms with Gasteiger partial charge in [-0.2, -0.15) is 0 Å². The number of nitrogens with zero attached hydrogens (tertiary/aromatic N) is 2. The molecule has 0 aliphatic carbocycles. The molecule has 3 rings (SSSR count). The van der Waals surface area contributed by atoms with Crippen LogP contribution >= 0.6 is 11.6 Å². The van der Waals surface area contributed by atoms with E-state index in [1.54, 1.807) is 0 Å². The molecule has 1 saturated heterocycles. The van der Waals surface area contributed by atoms with Gasteiger partial charge in [-0.1, -0.05) is 18.0 Å². The number of rotatable bonds is 7. The van der Waals surface area contributed by atoms with Crippen LogP contribution in [-0.2, 0) is 7.05 Å². The van der Waals surface area contributed by atoms with Crippen molar-refractivity contribution in [1.29, 1.82) is 0 Å². The van der Waals surface area contributed by atoms with Crippen molar-refractivity contribution in [3.8, 4) is 0 Å². The van der Waals surface area contributed by atoms with Gasteiger partial charge < -0.3 is 9.47 Å². The molecule has 0 saturated carbocycles. The molecular weight excluding hydrogens is 320 g/mol. The van der Waals surface area contributed by atoms with Gasteiger partial charge in [-0.25, -0.2) is 0 Å². The molecule has 2 heterocycles. The molecule has 129 valence electrons. The molecule has 3 nitrogen and oxygen atoms in total. The number of hydrogen-bond acceptors (Lipinski definition) is 2. The molecule has 0 bridgehead atoms. The number of unbranched alkanes of at least 4 members (excludes halogenated alkanes) is 2. The van der Waals surface area contributed by atoms with Crippen LogP contribution in [0.15, 0.2) is 24.4 Å². The van der Waals surface area contributed by atoms with Crippen molar-refractivity contribution >= 4 is 28.3 Å². The SMILES string of the molecule is Cn1cc(C(=O)CCCCCN2CC[CH]CC2)c2cc(Cl)ccc21. The van der Waals surface area contributed by atoms with Crippen LogP contribution in [0.1, 0.15) is 48.9 Å². The maximum absolute atomic E-state index is 12.6. The van der Waals surface area contributed by atoms with Gasteiger partial charge in [0.2, 0.25) is 0 Å². The third kappa shape index (κ3) is 4.20. The summed E-state index contributed by atoms with van der Waals surface area (Å²) in [7, 11) is 1.98. The number of piperidine rings is 1. The molecule has 1 radical (unpaired) electrons. The number of carbonyl (C=O) groups is 1. The zero-order chi connectivity index (χ0) is 16.9. The first-order chi connectivity index (χ1) is 11.6. The first-order valence-electron chi connectivity index (χ1n) is 8.97. The Kier molecular flexibility index (Phi) is 5.96. The molecule has 1 aromatic carbocycles. The topological polar surface area (TPSA) is 25.2 Å². The lowest BCUT2D eigenvalue weighted by atomic mass is 10.0. The van der Waals surface area contributed by atoms with Crippen LogP contribution in [0.5, 0.6) is 0 Å². The lowest BCUT2D eigenvalue weighted by Crippen LogP contribution is -2.30. The van der Waals surface area contributed by atoms with E-state index in [0.717, 1.165) is 29.3 Å². The number of fused-ring (bicyclic) bond motifs is 1. The molecule has 2 aromatic rings. The Labute approximate surface area is 149 Å². The van der Waals surface area contributed by atoms with Crippen LogP contribution < -0.4 is 0 Å². The van der Waals surface area contributed by atoms with Crippen molar-refractivity contribution < 1.29 is 4.79 Å². The number of hydrogen-bond donors (Lipinski definition) is 0. The van der Waals surface area contributed by atoms with E-state index in [-0.39, 0.29) is 5.78 Å². The molecule has 0 unspecified atom stereocenters. The van der Waals surface area contributed by atoms with Crippen LogP contribution in [0, 0.1) is 6.42 Å². The molecule has 1 aliphatic heterocycles. The van der Waals surface area contributed by atoms with Crippen molar-refractivity contribution in [1.82, 2.24) is 9.47 Å². The average molecular weight is 346 g/mol. The predicted molar refractivity (Wildman–Crippen MR) is 101 cm³/mol. The maximum atomic E-state index is 12.6. The number of halogens is 1. The average Bonchev–Trinajstić information content (AvgIpc) is 2.91. The van der Waals surface area contributed by atoms with Crippen molar-refractivity contribution in [3.63, 3.8) is 0 Å². The third-order valence-electron chi connectivity index (χ3n) is 4.93. The number of ketones is 1. The van der Waals surface area contributed by atoms with Crippen molar-refractivity contribution in [3.05, 3.63) is 41.4 Å². The van der Waals surface area contributed by atoms with Crippen LogP contribution in [0.4, 0.5) is 0 Å². The number of carbonyl (C=O) groups excluding carboxylic acids is 1. The normalized spacial score (nSPS) is 15.9. The minimum absolute atomic E-state index is 0.232. The first kappa shape index (κ1) is 17.5. The maximum Gasteiger partial charge on any atom is 0.165 e. The highest BCUT2D eigenvalue weighted by Gasteiger charge is 2.14. The second-order valence-corrected chi connectivity index (χ2v) is 7.19. The van der Waals surface area contributed by atoms with Gasteiger partial charge in [-0.05, 0) is 69.9 Å². The molecule has 0 N–H and O–H groups in total. The van der Waals surface area contributed by atoms with E-state index in [1.807, 2.05) is 36.0 Å². The Morgan fingerprint density at radius 3 is 2.75 bits per heavy atom. The summed E-state index contributed by atoms with van der Waals surface area (Å²) in [5.41, 5.74) is 1.87. The molecule has 0 spiro atoms. The lowest BCUT2D eigenvalue weighted by molar-refractivity contribution is 0.0980.